The summed E-state index contributed by atoms with van der Waals surface area (Å²) in [6.45, 7) is 1.90. The van der Waals surface area contributed by atoms with Gasteiger partial charge in [0, 0.05) is 6.04 Å². The lowest BCUT2D eigenvalue weighted by Gasteiger charge is -2.38. The van der Waals surface area contributed by atoms with Crippen molar-refractivity contribution in [1.82, 2.24) is 0 Å². The van der Waals surface area contributed by atoms with Crippen LogP contribution in [-0.4, -0.2) is 19.6 Å². The Kier molecular flexibility index (Phi) is 5.52. The van der Waals surface area contributed by atoms with Crippen molar-refractivity contribution in [2.75, 3.05) is 4.31 Å². The molecule has 0 amide bonds. The topological polar surface area (TPSA) is 57.6 Å². The first-order chi connectivity index (χ1) is 14.3. The zero-order valence-corrected chi connectivity index (χ0v) is 17.6. The lowest BCUT2D eigenvalue weighted by Crippen LogP contribution is -2.44. The van der Waals surface area contributed by atoms with Gasteiger partial charge in [0.25, 0.3) is 10.0 Å². The number of hydrogen-bond acceptors (Lipinski definition) is 3. The Bertz CT molecular complexity index is 1160. The zero-order valence-electron chi connectivity index (χ0n) is 16.8. The second-order valence-corrected chi connectivity index (χ2v) is 9.60. The lowest BCUT2D eigenvalue weighted by atomic mass is 9.94. The maximum atomic E-state index is 14.1. The van der Waals surface area contributed by atoms with Crippen LogP contribution in [0.5, 0.6) is 5.75 Å². The highest BCUT2D eigenvalue weighted by Gasteiger charge is 2.36. The van der Waals surface area contributed by atoms with Crippen LogP contribution in [0.3, 0.4) is 0 Å². The van der Waals surface area contributed by atoms with E-state index in [0.717, 1.165) is 16.7 Å². The molecule has 1 heterocycles. The van der Waals surface area contributed by atoms with Crippen LogP contribution in [0.15, 0.2) is 71.6 Å². The minimum absolute atomic E-state index is 0.188. The molecule has 4 nitrogen and oxygen atoms in total. The maximum Gasteiger partial charge on any atom is 0.264 e. The summed E-state index contributed by atoms with van der Waals surface area (Å²) in [5.41, 5.74) is 3.16. The van der Waals surface area contributed by atoms with Crippen molar-refractivity contribution in [3.63, 3.8) is 0 Å². The number of benzene rings is 3. The van der Waals surface area contributed by atoms with E-state index in [2.05, 4.69) is 0 Å². The van der Waals surface area contributed by atoms with Crippen LogP contribution in [0, 0.1) is 12.7 Å². The highest BCUT2D eigenvalue weighted by molar-refractivity contribution is 7.92. The second kappa shape index (κ2) is 8.11. The van der Waals surface area contributed by atoms with Crippen molar-refractivity contribution >= 4 is 15.7 Å². The lowest BCUT2D eigenvalue weighted by molar-refractivity contribution is 0.473. The third-order valence-corrected chi connectivity index (χ3v) is 7.50. The fraction of sp³-hybridized carbons (Fsp3) is 0.250. The van der Waals surface area contributed by atoms with Crippen LogP contribution in [0.25, 0.3) is 0 Å². The van der Waals surface area contributed by atoms with Crippen molar-refractivity contribution < 1.29 is 17.9 Å². The van der Waals surface area contributed by atoms with Gasteiger partial charge in [-0.25, -0.2) is 12.8 Å². The molecule has 1 unspecified atom stereocenters. The maximum absolute atomic E-state index is 14.1. The smallest absolute Gasteiger partial charge is 0.264 e. The quantitative estimate of drug-likeness (QED) is 0.627. The van der Waals surface area contributed by atoms with E-state index < -0.39 is 15.8 Å². The summed E-state index contributed by atoms with van der Waals surface area (Å²) in [7, 11) is -3.85. The molecule has 0 saturated carbocycles. The molecular weight excluding hydrogens is 401 g/mol. The summed E-state index contributed by atoms with van der Waals surface area (Å²) in [5, 5.41) is 9.72. The average molecular weight is 426 g/mol. The van der Waals surface area contributed by atoms with E-state index in [-0.39, 0.29) is 16.7 Å². The predicted octanol–water partition coefficient (Wildman–Crippen LogP) is 4.98. The summed E-state index contributed by atoms with van der Waals surface area (Å²) < 4.78 is 42.7. The van der Waals surface area contributed by atoms with Gasteiger partial charge in [0.15, 0.2) is 0 Å². The van der Waals surface area contributed by atoms with Gasteiger partial charge in [-0.15, -0.1) is 0 Å². The van der Waals surface area contributed by atoms with Crippen LogP contribution in [0.2, 0.25) is 0 Å². The molecule has 6 heteroatoms. The first kappa shape index (κ1) is 20.4. The van der Waals surface area contributed by atoms with Gasteiger partial charge in [-0.2, -0.15) is 0 Å². The first-order valence-electron chi connectivity index (χ1n) is 10.0. The van der Waals surface area contributed by atoms with Crippen molar-refractivity contribution in [2.24, 2.45) is 0 Å². The molecule has 0 fully saturated rings. The molecule has 1 aliphatic heterocycles. The molecule has 3 aromatic rings. The highest BCUT2D eigenvalue weighted by atomic mass is 32.2. The number of phenols is 1. The third-order valence-electron chi connectivity index (χ3n) is 5.62. The van der Waals surface area contributed by atoms with E-state index in [9.17, 15) is 17.9 Å². The molecule has 4 rings (SSSR count). The van der Waals surface area contributed by atoms with Crippen LogP contribution >= 0.6 is 0 Å². The Hall–Kier alpha value is -2.86. The number of anilines is 1. The van der Waals surface area contributed by atoms with E-state index in [1.165, 1.54) is 16.4 Å². The summed E-state index contributed by atoms with van der Waals surface area (Å²) in [6, 6.07) is 17.8. The van der Waals surface area contributed by atoms with Crippen molar-refractivity contribution in [3.05, 3.63) is 89.2 Å². The van der Waals surface area contributed by atoms with E-state index in [4.69, 9.17) is 0 Å². The minimum Gasteiger partial charge on any atom is -0.508 e. The number of hydrogen-bond donors (Lipinski definition) is 1. The molecule has 1 N–H and O–H groups in total. The molecule has 0 bridgehead atoms. The van der Waals surface area contributed by atoms with Gasteiger partial charge >= 0.3 is 0 Å². The van der Waals surface area contributed by atoms with Crippen LogP contribution < -0.4 is 4.31 Å². The van der Waals surface area contributed by atoms with Gasteiger partial charge in [0.2, 0.25) is 0 Å². The summed E-state index contributed by atoms with van der Waals surface area (Å²) >= 11 is 0. The molecule has 0 spiro atoms. The number of sulfonamides is 1. The van der Waals surface area contributed by atoms with E-state index in [0.29, 0.717) is 31.4 Å². The Labute approximate surface area is 176 Å². The molecule has 0 aliphatic carbocycles. The first-order valence-corrected chi connectivity index (χ1v) is 11.5. The fourth-order valence-electron chi connectivity index (χ4n) is 4.05. The van der Waals surface area contributed by atoms with Crippen molar-refractivity contribution in [3.8, 4) is 5.75 Å². The fourth-order valence-corrected chi connectivity index (χ4v) is 5.79. The Balaban J connectivity index is 1.72. The predicted molar refractivity (Wildman–Crippen MR) is 116 cm³/mol. The number of nitrogens with zero attached hydrogens (tertiary/aromatic N) is 1. The van der Waals surface area contributed by atoms with Crippen LogP contribution in [0.4, 0.5) is 10.1 Å². The average Bonchev–Trinajstić information content (AvgIpc) is 2.72. The van der Waals surface area contributed by atoms with Crippen molar-refractivity contribution in [2.45, 2.75) is 43.5 Å². The number of aryl methyl sites for hydroxylation is 3. The van der Waals surface area contributed by atoms with Gasteiger partial charge in [0.1, 0.15) is 11.6 Å². The Morgan fingerprint density at radius 1 is 1.07 bits per heavy atom. The molecule has 1 aliphatic rings. The van der Waals surface area contributed by atoms with Gasteiger partial charge in [0.05, 0.1) is 10.6 Å². The second-order valence-electron chi connectivity index (χ2n) is 7.79. The number of phenolic OH excluding ortho intramolecular Hbond substituents is 1. The van der Waals surface area contributed by atoms with Gasteiger partial charge in [-0.05, 0) is 80.1 Å². The number of aromatic hydroxyl groups is 1. The minimum atomic E-state index is -3.85. The zero-order chi connectivity index (χ0) is 21.3. The normalized spacial score (nSPS) is 16.3. The SMILES string of the molecule is Cc1ccc(S(=O)(=O)N2c3cc(F)ccc3CCC2CCc2cccc(O)c2)cc1. The molecule has 3 aromatic carbocycles. The van der Waals surface area contributed by atoms with E-state index >= 15 is 0 Å². The summed E-state index contributed by atoms with van der Waals surface area (Å²) in [5.74, 6) is -0.265. The summed E-state index contributed by atoms with van der Waals surface area (Å²) in [4.78, 5) is 0.201. The molecule has 30 heavy (non-hydrogen) atoms. The molecule has 156 valence electrons. The summed E-state index contributed by atoms with van der Waals surface area (Å²) in [6.07, 6.45) is 2.54. The molecular formula is C24H24FNO3S. The van der Waals surface area contributed by atoms with Gasteiger partial charge in [-0.3, -0.25) is 4.31 Å². The van der Waals surface area contributed by atoms with E-state index in [1.54, 1.807) is 48.5 Å². The standard InChI is InChI=1S/C24H24FNO3S/c1-17-5-13-23(14-6-17)30(28,29)26-21(11-7-18-3-2-4-22(27)15-18)12-9-19-8-10-20(25)16-24(19)26/h2-6,8,10,13-16,21,27H,7,9,11-12H2,1H3. The van der Waals surface area contributed by atoms with Gasteiger partial charge < -0.3 is 5.11 Å². The Morgan fingerprint density at radius 3 is 2.57 bits per heavy atom. The molecule has 0 aromatic heterocycles. The number of halogens is 1. The highest BCUT2D eigenvalue weighted by Crippen LogP contribution is 2.37. The molecule has 0 radical (unpaired) electrons. The monoisotopic (exact) mass is 425 g/mol. The largest absolute Gasteiger partial charge is 0.508 e. The third kappa shape index (κ3) is 4.05. The van der Waals surface area contributed by atoms with Crippen LogP contribution in [0.1, 0.15) is 29.5 Å². The Morgan fingerprint density at radius 2 is 1.83 bits per heavy atom. The van der Waals surface area contributed by atoms with Gasteiger partial charge in [-0.1, -0.05) is 35.9 Å². The molecule has 1 atom stereocenters. The number of rotatable bonds is 5. The van der Waals surface area contributed by atoms with Crippen LogP contribution in [-0.2, 0) is 22.9 Å². The molecule has 0 saturated heterocycles. The number of fused-ring (bicyclic) bond motifs is 1. The van der Waals surface area contributed by atoms with Crippen molar-refractivity contribution in [1.29, 1.82) is 0 Å². The van der Waals surface area contributed by atoms with E-state index in [1.807, 2.05) is 13.0 Å².